The first-order valence-corrected chi connectivity index (χ1v) is 12.7. The number of aryl methyl sites for hydroxylation is 2. The summed E-state index contributed by atoms with van der Waals surface area (Å²) in [4.78, 5) is 34.4. The molecular formula is C29H33N7O2. The standard InChI is InChI=1S/C29H33N7O2/c1-20(2)13-18-31-29(38)27(23-14-16-30-17-15-23)36(25-11-7-22(4)8-12-25)26(37)19-35-33-28(32-34-35)24-9-5-21(3)6-10-24/h5-12,14-17,20,27H,13,18-19H2,1-4H3,(H,31,38)/t27-/m1/s1. The maximum Gasteiger partial charge on any atom is 0.251 e. The van der Waals surface area contributed by atoms with E-state index in [1.165, 1.54) is 9.70 Å². The molecule has 2 amide bonds. The van der Waals surface area contributed by atoms with E-state index in [9.17, 15) is 9.59 Å². The van der Waals surface area contributed by atoms with Crippen LogP contribution in [-0.4, -0.2) is 43.6 Å². The third-order valence-electron chi connectivity index (χ3n) is 6.17. The third kappa shape index (κ3) is 6.67. The first kappa shape index (κ1) is 26.7. The summed E-state index contributed by atoms with van der Waals surface area (Å²) in [6, 6.07) is 17.9. The maximum absolute atomic E-state index is 13.9. The van der Waals surface area contributed by atoms with Gasteiger partial charge in [-0.15, -0.1) is 10.2 Å². The zero-order valence-corrected chi connectivity index (χ0v) is 22.2. The highest BCUT2D eigenvalue weighted by molar-refractivity contribution is 6.01. The molecule has 2 aromatic carbocycles. The zero-order chi connectivity index (χ0) is 27.1. The number of hydrogen-bond donors (Lipinski definition) is 1. The number of amides is 2. The molecule has 2 aromatic heterocycles. The van der Waals surface area contributed by atoms with E-state index in [1.807, 2.05) is 62.4 Å². The second-order valence-electron chi connectivity index (χ2n) is 9.77. The van der Waals surface area contributed by atoms with Crippen LogP contribution >= 0.6 is 0 Å². The topological polar surface area (TPSA) is 106 Å². The van der Waals surface area contributed by atoms with E-state index >= 15 is 0 Å². The normalized spacial score (nSPS) is 11.8. The lowest BCUT2D eigenvalue weighted by Crippen LogP contribution is -2.45. The predicted molar refractivity (Wildman–Crippen MR) is 146 cm³/mol. The second-order valence-corrected chi connectivity index (χ2v) is 9.77. The largest absolute Gasteiger partial charge is 0.354 e. The minimum absolute atomic E-state index is 0.187. The van der Waals surface area contributed by atoms with E-state index < -0.39 is 6.04 Å². The SMILES string of the molecule is Cc1ccc(-c2nnn(CC(=O)N(c3ccc(C)cc3)[C@@H](C(=O)NCCC(C)C)c3ccncc3)n2)cc1. The second kappa shape index (κ2) is 12.2. The van der Waals surface area contributed by atoms with Gasteiger partial charge in [0.15, 0.2) is 0 Å². The van der Waals surface area contributed by atoms with Crippen LogP contribution < -0.4 is 10.2 Å². The Morgan fingerprint density at radius 1 is 0.921 bits per heavy atom. The van der Waals surface area contributed by atoms with Gasteiger partial charge >= 0.3 is 0 Å². The number of nitrogens with zero attached hydrogens (tertiary/aromatic N) is 6. The van der Waals surface area contributed by atoms with Gasteiger partial charge in [0.2, 0.25) is 11.7 Å². The fourth-order valence-electron chi connectivity index (χ4n) is 4.01. The molecule has 0 bridgehead atoms. The van der Waals surface area contributed by atoms with E-state index in [1.54, 1.807) is 24.5 Å². The van der Waals surface area contributed by atoms with Gasteiger partial charge in [-0.25, -0.2) is 0 Å². The molecule has 9 nitrogen and oxygen atoms in total. The maximum atomic E-state index is 13.9. The van der Waals surface area contributed by atoms with Crippen LogP contribution in [0.1, 0.15) is 43.0 Å². The van der Waals surface area contributed by atoms with Gasteiger partial charge in [-0.05, 0) is 61.2 Å². The number of carbonyl (C=O) groups excluding carboxylic acids is 2. The van der Waals surface area contributed by atoms with Gasteiger partial charge in [0.1, 0.15) is 12.6 Å². The number of nitrogens with one attached hydrogen (secondary N) is 1. The molecule has 0 saturated heterocycles. The number of aromatic nitrogens is 5. The van der Waals surface area contributed by atoms with E-state index in [-0.39, 0.29) is 18.4 Å². The molecule has 1 N–H and O–H groups in total. The van der Waals surface area contributed by atoms with Crippen molar-refractivity contribution in [1.29, 1.82) is 0 Å². The monoisotopic (exact) mass is 511 g/mol. The van der Waals surface area contributed by atoms with Gasteiger partial charge in [0.25, 0.3) is 5.91 Å². The number of benzene rings is 2. The van der Waals surface area contributed by atoms with Crippen molar-refractivity contribution in [3.8, 4) is 11.4 Å². The number of hydrogen-bond acceptors (Lipinski definition) is 6. The Labute approximate surface area is 222 Å². The number of tetrazole rings is 1. The molecule has 4 rings (SSSR count). The summed E-state index contributed by atoms with van der Waals surface area (Å²) in [5, 5.41) is 15.7. The van der Waals surface area contributed by atoms with Gasteiger partial charge in [-0.1, -0.05) is 61.4 Å². The molecule has 0 aliphatic heterocycles. The zero-order valence-electron chi connectivity index (χ0n) is 22.2. The molecule has 0 saturated carbocycles. The molecule has 0 fully saturated rings. The van der Waals surface area contributed by atoms with Crippen molar-refractivity contribution < 1.29 is 9.59 Å². The van der Waals surface area contributed by atoms with Crippen molar-refractivity contribution in [2.45, 2.75) is 46.7 Å². The molecule has 0 aliphatic carbocycles. The van der Waals surface area contributed by atoms with Crippen LogP contribution in [0.3, 0.4) is 0 Å². The highest BCUT2D eigenvalue weighted by Gasteiger charge is 2.33. The summed E-state index contributed by atoms with van der Waals surface area (Å²) in [5.74, 6) is 0.252. The lowest BCUT2D eigenvalue weighted by Gasteiger charge is -2.31. The highest BCUT2D eigenvalue weighted by Crippen LogP contribution is 2.28. The lowest BCUT2D eigenvalue weighted by atomic mass is 10.0. The van der Waals surface area contributed by atoms with E-state index in [0.29, 0.717) is 29.5 Å². The number of anilines is 1. The van der Waals surface area contributed by atoms with Crippen molar-refractivity contribution in [2.24, 2.45) is 5.92 Å². The van der Waals surface area contributed by atoms with Gasteiger partial charge in [-0.3, -0.25) is 19.5 Å². The van der Waals surface area contributed by atoms with Gasteiger partial charge in [0.05, 0.1) is 0 Å². The van der Waals surface area contributed by atoms with E-state index in [4.69, 9.17) is 0 Å². The van der Waals surface area contributed by atoms with Crippen molar-refractivity contribution in [3.05, 3.63) is 89.7 Å². The molecular weight excluding hydrogens is 478 g/mol. The third-order valence-corrected chi connectivity index (χ3v) is 6.17. The van der Waals surface area contributed by atoms with Crippen LogP contribution in [0.25, 0.3) is 11.4 Å². The van der Waals surface area contributed by atoms with Crippen LogP contribution in [0.2, 0.25) is 0 Å². The summed E-state index contributed by atoms with van der Waals surface area (Å²) in [6.45, 7) is 8.51. The molecule has 0 aliphatic rings. The fourth-order valence-corrected chi connectivity index (χ4v) is 4.01. The summed E-state index contributed by atoms with van der Waals surface area (Å²) < 4.78 is 0. The molecule has 0 radical (unpaired) electrons. The average molecular weight is 512 g/mol. The van der Waals surface area contributed by atoms with Gasteiger partial charge in [0, 0.05) is 30.2 Å². The Balaban J connectivity index is 1.67. The Hall–Kier alpha value is -4.40. The summed E-state index contributed by atoms with van der Waals surface area (Å²) in [7, 11) is 0. The summed E-state index contributed by atoms with van der Waals surface area (Å²) >= 11 is 0. The smallest absolute Gasteiger partial charge is 0.251 e. The van der Waals surface area contributed by atoms with Crippen molar-refractivity contribution in [3.63, 3.8) is 0 Å². The fraction of sp³-hybridized carbons (Fsp3) is 0.310. The predicted octanol–water partition coefficient (Wildman–Crippen LogP) is 4.29. The van der Waals surface area contributed by atoms with Gasteiger partial charge in [-0.2, -0.15) is 4.80 Å². The summed E-state index contributed by atoms with van der Waals surface area (Å²) in [6.07, 6.45) is 4.07. The quantitative estimate of drug-likeness (QED) is 0.341. The molecule has 196 valence electrons. The molecule has 0 spiro atoms. The van der Waals surface area contributed by atoms with Crippen LogP contribution in [0.15, 0.2) is 73.1 Å². The molecule has 9 heteroatoms. The van der Waals surface area contributed by atoms with Crippen molar-refractivity contribution >= 4 is 17.5 Å². The van der Waals surface area contributed by atoms with E-state index in [2.05, 4.69) is 39.6 Å². The highest BCUT2D eigenvalue weighted by atomic mass is 16.2. The van der Waals surface area contributed by atoms with Crippen LogP contribution in [0.4, 0.5) is 5.69 Å². The Bertz CT molecular complexity index is 1350. The van der Waals surface area contributed by atoms with Gasteiger partial charge < -0.3 is 5.32 Å². The molecule has 4 aromatic rings. The first-order valence-electron chi connectivity index (χ1n) is 12.7. The van der Waals surface area contributed by atoms with Crippen LogP contribution in [0.5, 0.6) is 0 Å². The Morgan fingerprint density at radius 3 is 2.18 bits per heavy atom. The van der Waals surface area contributed by atoms with Crippen LogP contribution in [-0.2, 0) is 16.1 Å². The number of carbonyl (C=O) groups is 2. The molecule has 0 unspecified atom stereocenters. The lowest BCUT2D eigenvalue weighted by molar-refractivity contribution is -0.127. The minimum Gasteiger partial charge on any atom is -0.354 e. The molecule has 38 heavy (non-hydrogen) atoms. The van der Waals surface area contributed by atoms with Crippen molar-refractivity contribution in [2.75, 3.05) is 11.4 Å². The van der Waals surface area contributed by atoms with Crippen molar-refractivity contribution in [1.82, 2.24) is 30.5 Å². The van der Waals surface area contributed by atoms with E-state index in [0.717, 1.165) is 23.1 Å². The first-order chi connectivity index (χ1) is 18.3. The number of rotatable bonds is 10. The van der Waals surface area contributed by atoms with Crippen LogP contribution in [0, 0.1) is 19.8 Å². The summed E-state index contributed by atoms with van der Waals surface area (Å²) in [5.41, 5.74) is 4.23. The average Bonchev–Trinajstić information content (AvgIpc) is 3.36. The Morgan fingerprint density at radius 2 is 1.55 bits per heavy atom. The number of pyridine rings is 1. The minimum atomic E-state index is -0.902. The Kier molecular flexibility index (Phi) is 8.58. The molecule has 1 atom stereocenters. The molecule has 2 heterocycles.